The quantitative estimate of drug-likeness (QED) is 0.745. The van der Waals surface area contributed by atoms with E-state index in [0.29, 0.717) is 22.6 Å². The molecular formula is C17H18FNO4S2. The smallest absolute Gasteiger partial charge is 0.309 e. The third-order valence-corrected chi connectivity index (χ3v) is 7.48. The number of benzene rings is 1. The van der Waals surface area contributed by atoms with Gasteiger partial charge in [0.2, 0.25) is 0 Å². The highest BCUT2D eigenvalue weighted by molar-refractivity contribution is 7.91. The highest BCUT2D eigenvalue weighted by Crippen LogP contribution is 2.27. The van der Waals surface area contributed by atoms with Gasteiger partial charge in [-0.3, -0.25) is 4.79 Å². The van der Waals surface area contributed by atoms with Crippen molar-refractivity contribution in [2.75, 3.05) is 13.1 Å². The molecule has 0 saturated carbocycles. The molecule has 2 aromatic rings. The fourth-order valence-corrected chi connectivity index (χ4v) is 5.37. The van der Waals surface area contributed by atoms with Gasteiger partial charge in [-0.1, -0.05) is 24.3 Å². The summed E-state index contributed by atoms with van der Waals surface area (Å²) in [6.07, 6.45) is 0.807. The summed E-state index contributed by atoms with van der Waals surface area (Å²) in [4.78, 5) is 12.2. The van der Waals surface area contributed by atoms with Gasteiger partial charge in [0, 0.05) is 18.7 Å². The molecule has 0 atom stereocenters. The summed E-state index contributed by atoms with van der Waals surface area (Å²) in [7, 11) is -3.48. The number of sulfonamides is 1. The van der Waals surface area contributed by atoms with Crippen LogP contribution in [0, 0.1) is 11.7 Å². The first-order valence-electron chi connectivity index (χ1n) is 7.92. The highest BCUT2D eigenvalue weighted by atomic mass is 32.2. The second kappa shape index (κ2) is 7.63. The van der Waals surface area contributed by atoms with Crippen LogP contribution in [-0.2, 0) is 26.2 Å². The lowest BCUT2D eigenvalue weighted by atomic mass is 9.98. The third-order valence-electron chi connectivity index (χ3n) is 4.20. The van der Waals surface area contributed by atoms with Gasteiger partial charge in [0.15, 0.2) is 0 Å². The number of thiophene rings is 1. The van der Waals surface area contributed by atoms with Crippen LogP contribution in [0.1, 0.15) is 18.4 Å². The Labute approximate surface area is 150 Å². The maximum Gasteiger partial charge on any atom is 0.309 e. The molecule has 0 spiro atoms. The van der Waals surface area contributed by atoms with E-state index in [-0.39, 0.29) is 25.6 Å². The van der Waals surface area contributed by atoms with E-state index in [1.54, 1.807) is 35.7 Å². The SMILES string of the molecule is O=C(OCc1ccccc1F)C1CCN(S(=O)(=O)c2cccs2)CC1. The van der Waals surface area contributed by atoms with Crippen LogP contribution in [0.3, 0.4) is 0 Å². The normalized spacial score (nSPS) is 16.7. The predicted molar refractivity (Wildman–Crippen MR) is 92.0 cm³/mol. The zero-order chi connectivity index (χ0) is 17.9. The Morgan fingerprint density at radius 3 is 2.56 bits per heavy atom. The van der Waals surface area contributed by atoms with Crippen molar-refractivity contribution in [2.24, 2.45) is 5.92 Å². The van der Waals surface area contributed by atoms with Crippen LogP contribution in [0.4, 0.5) is 4.39 Å². The monoisotopic (exact) mass is 383 g/mol. The van der Waals surface area contributed by atoms with E-state index in [2.05, 4.69) is 0 Å². The van der Waals surface area contributed by atoms with E-state index in [1.807, 2.05) is 0 Å². The molecule has 2 heterocycles. The molecule has 25 heavy (non-hydrogen) atoms. The minimum atomic E-state index is -3.48. The fraction of sp³-hybridized carbons (Fsp3) is 0.353. The van der Waals surface area contributed by atoms with Crippen LogP contribution in [0.25, 0.3) is 0 Å². The van der Waals surface area contributed by atoms with Crippen molar-refractivity contribution in [3.8, 4) is 0 Å². The Morgan fingerprint density at radius 1 is 1.20 bits per heavy atom. The number of esters is 1. The lowest BCUT2D eigenvalue weighted by molar-refractivity contribution is -0.151. The summed E-state index contributed by atoms with van der Waals surface area (Å²) in [5.41, 5.74) is 0.327. The molecule has 1 saturated heterocycles. The summed E-state index contributed by atoms with van der Waals surface area (Å²) in [5.74, 6) is -1.18. The van der Waals surface area contributed by atoms with E-state index in [1.165, 1.54) is 21.7 Å². The number of carbonyl (C=O) groups excluding carboxylic acids is 1. The Hall–Kier alpha value is -1.77. The molecule has 0 bridgehead atoms. The van der Waals surface area contributed by atoms with E-state index >= 15 is 0 Å². The fourth-order valence-electron chi connectivity index (χ4n) is 2.75. The van der Waals surface area contributed by atoms with E-state index < -0.39 is 21.8 Å². The summed E-state index contributed by atoms with van der Waals surface area (Å²) in [6.45, 7) is 0.443. The van der Waals surface area contributed by atoms with Crippen molar-refractivity contribution in [1.29, 1.82) is 0 Å². The van der Waals surface area contributed by atoms with Crippen molar-refractivity contribution in [3.63, 3.8) is 0 Å². The predicted octanol–water partition coefficient (Wildman–Crippen LogP) is 3.03. The Bertz CT molecular complexity index is 828. The lowest BCUT2D eigenvalue weighted by Crippen LogP contribution is -2.40. The average molecular weight is 383 g/mol. The van der Waals surface area contributed by atoms with Gasteiger partial charge in [-0.05, 0) is 30.4 Å². The van der Waals surface area contributed by atoms with Crippen molar-refractivity contribution < 1.29 is 22.3 Å². The summed E-state index contributed by atoms with van der Waals surface area (Å²) < 4.78 is 45.4. The van der Waals surface area contributed by atoms with E-state index in [9.17, 15) is 17.6 Å². The minimum absolute atomic E-state index is 0.112. The average Bonchev–Trinajstić information content (AvgIpc) is 3.16. The first-order chi connectivity index (χ1) is 12.0. The largest absolute Gasteiger partial charge is 0.460 e. The second-order valence-electron chi connectivity index (χ2n) is 5.81. The number of halogens is 1. The lowest BCUT2D eigenvalue weighted by Gasteiger charge is -2.29. The number of hydrogen-bond donors (Lipinski definition) is 0. The molecule has 0 amide bonds. The van der Waals surface area contributed by atoms with Gasteiger partial charge in [0.25, 0.3) is 10.0 Å². The number of ether oxygens (including phenoxy) is 1. The van der Waals surface area contributed by atoms with Crippen LogP contribution >= 0.6 is 11.3 Å². The summed E-state index contributed by atoms with van der Waals surface area (Å²) >= 11 is 1.18. The molecule has 1 aliphatic rings. The molecule has 0 N–H and O–H groups in total. The molecule has 5 nitrogen and oxygen atoms in total. The number of rotatable bonds is 5. The topological polar surface area (TPSA) is 63.7 Å². The first kappa shape index (κ1) is 18.0. The van der Waals surface area contributed by atoms with Crippen LogP contribution in [-0.4, -0.2) is 31.8 Å². The molecule has 1 aliphatic heterocycles. The molecule has 0 radical (unpaired) electrons. The maximum atomic E-state index is 13.5. The number of piperidine rings is 1. The molecule has 1 aromatic heterocycles. The van der Waals surface area contributed by atoms with Gasteiger partial charge in [0.05, 0.1) is 5.92 Å². The van der Waals surface area contributed by atoms with E-state index in [4.69, 9.17) is 4.74 Å². The number of carbonyl (C=O) groups is 1. The maximum absolute atomic E-state index is 13.5. The molecule has 0 unspecified atom stereocenters. The van der Waals surface area contributed by atoms with Crippen molar-refractivity contribution in [3.05, 3.63) is 53.2 Å². The number of hydrogen-bond acceptors (Lipinski definition) is 5. The van der Waals surface area contributed by atoms with Gasteiger partial charge in [0.1, 0.15) is 16.6 Å². The van der Waals surface area contributed by atoms with E-state index in [0.717, 1.165) is 0 Å². The zero-order valence-corrected chi connectivity index (χ0v) is 15.1. The molecule has 0 aliphatic carbocycles. The van der Waals surface area contributed by atoms with Crippen molar-refractivity contribution in [1.82, 2.24) is 4.31 Å². The molecule has 3 rings (SSSR count). The molecule has 1 aromatic carbocycles. The van der Waals surface area contributed by atoms with Crippen LogP contribution in [0.2, 0.25) is 0 Å². The number of nitrogens with zero attached hydrogens (tertiary/aromatic N) is 1. The Kier molecular flexibility index (Phi) is 5.51. The van der Waals surface area contributed by atoms with Crippen LogP contribution in [0.5, 0.6) is 0 Å². The Balaban J connectivity index is 1.54. The van der Waals surface area contributed by atoms with Crippen molar-refractivity contribution in [2.45, 2.75) is 23.7 Å². The minimum Gasteiger partial charge on any atom is -0.460 e. The standard InChI is InChI=1S/C17H18FNO4S2/c18-15-5-2-1-4-14(15)12-23-17(20)13-7-9-19(10-8-13)25(21,22)16-6-3-11-24-16/h1-6,11,13H,7-10,12H2. The Morgan fingerprint density at radius 2 is 1.92 bits per heavy atom. The molecule has 8 heteroatoms. The van der Waals surface area contributed by atoms with Gasteiger partial charge in [-0.25, -0.2) is 12.8 Å². The third kappa shape index (κ3) is 4.08. The molecule has 134 valence electrons. The summed E-state index contributed by atoms with van der Waals surface area (Å²) in [6, 6.07) is 9.42. The van der Waals surface area contributed by atoms with Gasteiger partial charge in [-0.2, -0.15) is 4.31 Å². The highest BCUT2D eigenvalue weighted by Gasteiger charge is 2.33. The van der Waals surface area contributed by atoms with Crippen LogP contribution in [0.15, 0.2) is 46.0 Å². The zero-order valence-electron chi connectivity index (χ0n) is 13.4. The molecule has 1 fully saturated rings. The van der Waals surface area contributed by atoms with Gasteiger partial charge >= 0.3 is 5.97 Å². The molecular weight excluding hydrogens is 365 g/mol. The van der Waals surface area contributed by atoms with Gasteiger partial charge < -0.3 is 4.74 Å². The first-order valence-corrected chi connectivity index (χ1v) is 10.2. The van der Waals surface area contributed by atoms with Crippen molar-refractivity contribution >= 4 is 27.3 Å². The summed E-state index contributed by atoms with van der Waals surface area (Å²) in [5, 5.41) is 1.72. The van der Waals surface area contributed by atoms with Crippen LogP contribution < -0.4 is 0 Å². The van der Waals surface area contributed by atoms with Gasteiger partial charge in [-0.15, -0.1) is 11.3 Å². The second-order valence-corrected chi connectivity index (χ2v) is 8.92.